The molecule has 0 aliphatic heterocycles. The first-order valence-corrected chi connectivity index (χ1v) is 5.00. The van der Waals surface area contributed by atoms with Crippen LogP contribution in [0.1, 0.15) is 37.7 Å². The fourth-order valence-corrected chi connectivity index (χ4v) is 1.96. The zero-order valence-corrected chi connectivity index (χ0v) is 7.79. The summed E-state index contributed by atoms with van der Waals surface area (Å²) >= 11 is 0. The molecule has 2 rings (SSSR count). The Balaban J connectivity index is 2.10. The summed E-state index contributed by atoms with van der Waals surface area (Å²) in [5.41, 5.74) is 1.32. The molecule has 13 heavy (non-hydrogen) atoms. The van der Waals surface area contributed by atoms with Crippen LogP contribution >= 0.6 is 0 Å². The Hall–Kier alpha value is -0.980. The van der Waals surface area contributed by atoms with E-state index in [0.717, 1.165) is 0 Å². The van der Waals surface area contributed by atoms with E-state index in [2.05, 4.69) is 0 Å². The summed E-state index contributed by atoms with van der Waals surface area (Å²) in [5.74, 6) is 1.92. The quantitative estimate of drug-likeness (QED) is 0.694. The maximum atomic E-state index is 9.15. The van der Waals surface area contributed by atoms with E-state index in [9.17, 15) is 0 Å². The molecule has 0 unspecified atom stereocenters. The van der Waals surface area contributed by atoms with Gasteiger partial charge in [-0.25, -0.2) is 0 Å². The molecule has 1 saturated carbocycles. The molecule has 0 heterocycles. The van der Waals surface area contributed by atoms with Crippen molar-refractivity contribution in [2.24, 2.45) is 0 Å². The Kier molecular flexibility index (Phi) is 2.53. The molecule has 69 valence electrons. The van der Waals surface area contributed by atoms with Crippen molar-refractivity contribution in [2.75, 3.05) is 0 Å². The normalized spacial score (nSPS) is 18.8. The summed E-state index contributed by atoms with van der Waals surface area (Å²) in [6.07, 6.45) is 6.52. The second kappa shape index (κ2) is 3.82. The van der Waals surface area contributed by atoms with Crippen molar-refractivity contribution in [1.82, 2.24) is 0 Å². The van der Waals surface area contributed by atoms with E-state index in [4.69, 9.17) is 5.11 Å². The number of phenols is 1. The van der Waals surface area contributed by atoms with E-state index in [1.54, 1.807) is 18.1 Å². The van der Waals surface area contributed by atoms with Crippen molar-refractivity contribution < 1.29 is 5.11 Å². The summed E-state index contributed by atoms with van der Waals surface area (Å²) in [5, 5.41) is 9.15. The molecule has 1 aliphatic rings. The van der Waals surface area contributed by atoms with Crippen LogP contribution in [0.4, 0.5) is 0 Å². The van der Waals surface area contributed by atoms with Gasteiger partial charge >= 0.3 is 0 Å². The van der Waals surface area contributed by atoms with Gasteiger partial charge < -0.3 is 5.11 Å². The Morgan fingerprint density at radius 3 is 2.08 bits per heavy atom. The zero-order valence-electron chi connectivity index (χ0n) is 7.79. The van der Waals surface area contributed by atoms with Crippen molar-refractivity contribution >= 4 is 0 Å². The highest BCUT2D eigenvalue weighted by molar-refractivity contribution is 5.35. The third-order valence-corrected chi connectivity index (χ3v) is 2.73. The number of benzene rings is 1. The van der Waals surface area contributed by atoms with Crippen LogP contribution in [-0.2, 0) is 0 Å². The highest BCUT2D eigenvalue weighted by Gasteiger charge is 2.15. The first-order valence-electron chi connectivity index (χ1n) is 5.00. The summed E-state index contributed by atoms with van der Waals surface area (Å²) in [7, 11) is 0. The molecule has 1 heteroatoms. The standard InChI is InChI=1S/C12H15O/c13-12-8-6-11(7-9-12)10-4-2-1-3-5-10/h6-9,13H,1-5H2. The van der Waals surface area contributed by atoms with Gasteiger partial charge in [-0.3, -0.25) is 0 Å². The van der Waals surface area contributed by atoms with Crippen LogP contribution in [0.2, 0.25) is 0 Å². The summed E-state index contributed by atoms with van der Waals surface area (Å²) in [6, 6.07) is 7.60. The lowest BCUT2D eigenvalue weighted by Crippen LogP contribution is -2.04. The maximum absolute atomic E-state index is 9.15. The van der Waals surface area contributed by atoms with Crippen LogP contribution in [0.25, 0.3) is 0 Å². The SMILES string of the molecule is Oc1ccc([C]2CCCCC2)cc1. The first kappa shape index (κ1) is 8.61. The molecule has 0 amide bonds. The van der Waals surface area contributed by atoms with Crippen molar-refractivity contribution in [3.05, 3.63) is 35.7 Å². The molecule has 0 bridgehead atoms. The average Bonchev–Trinajstić information content (AvgIpc) is 2.20. The maximum Gasteiger partial charge on any atom is 0.115 e. The van der Waals surface area contributed by atoms with Gasteiger partial charge in [0, 0.05) is 5.92 Å². The number of phenolic OH excluding ortho intramolecular Hbond substituents is 1. The first-order chi connectivity index (χ1) is 6.36. The van der Waals surface area contributed by atoms with Crippen LogP contribution in [0.3, 0.4) is 0 Å². The lowest BCUT2D eigenvalue weighted by Gasteiger charge is -2.21. The summed E-state index contributed by atoms with van der Waals surface area (Å²) in [6.45, 7) is 0. The van der Waals surface area contributed by atoms with E-state index in [0.29, 0.717) is 5.75 Å². The molecule has 1 aliphatic carbocycles. The van der Waals surface area contributed by atoms with Crippen LogP contribution < -0.4 is 0 Å². The lowest BCUT2D eigenvalue weighted by atomic mass is 9.84. The van der Waals surface area contributed by atoms with Gasteiger partial charge in [0.1, 0.15) is 5.75 Å². The van der Waals surface area contributed by atoms with Crippen molar-refractivity contribution in [2.45, 2.75) is 32.1 Å². The molecule has 1 aromatic rings. The molecule has 0 aromatic heterocycles. The highest BCUT2D eigenvalue weighted by Crippen LogP contribution is 2.31. The van der Waals surface area contributed by atoms with Crippen LogP contribution in [0.5, 0.6) is 5.75 Å². The van der Waals surface area contributed by atoms with E-state index >= 15 is 0 Å². The minimum absolute atomic E-state index is 0.361. The molecule has 0 atom stereocenters. The molecule has 0 spiro atoms. The van der Waals surface area contributed by atoms with Gasteiger partial charge in [-0.05, 0) is 30.5 Å². The third kappa shape index (κ3) is 2.03. The van der Waals surface area contributed by atoms with Crippen LogP contribution in [-0.4, -0.2) is 5.11 Å². The largest absolute Gasteiger partial charge is 0.508 e. The molecule has 0 saturated heterocycles. The van der Waals surface area contributed by atoms with Crippen molar-refractivity contribution in [1.29, 1.82) is 0 Å². The number of hydrogen-bond acceptors (Lipinski definition) is 1. The lowest BCUT2D eigenvalue weighted by molar-refractivity contribution is 0.475. The number of aromatic hydroxyl groups is 1. The zero-order chi connectivity index (χ0) is 9.10. The van der Waals surface area contributed by atoms with Gasteiger partial charge in [-0.1, -0.05) is 31.4 Å². The molecule has 1 N–H and O–H groups in total. The average molecular weight is 175 g/mol. The molecule has 1 fully saturated rings. The van der Waals surface area contributed by atoms with Gasteiger partial charge in [-0.2, -0.15) is 0 Å². The van der Waals surface area contributed by atoms with Gasteiger partial charge in [0.25, 0.3) is 0 Å². The molecule has 1 aromatic carbocycles. The number of rotatable bonds is 1. The number of hydrogen-bond donors (Lipinski definition) is 1. The topological polar surface area (TPSA) is 20.2 Å². The van der Waals surface area contributed by atoms with E-state index < -0.39 is 0 Å². The van der Waals surface area contributed by atoms with Gasteiger partial charge in [0.15, 0.2) is 0 Å². The monoisotopic (exact) mass is 175 g/mol. The highest BCUT2D eigenvalue weighted by atomic mass is 16.3. The minimum Gasteiger partial charge on any atom is -0.508 e. The van der Waals surface area contributed by atoms with Crippen molar-refractivity contribution in [3.63, 3.8) is 0 Å². The van der Waals surface area contributed by atoms with E-state index in [1.165, 1.54) is 37.7 Å². The smallest absolute Gasteiger partial charge is 0.115 e. The van der Waals surface area contributed by atoms with Gasteiger partial charge in [0.05, 0.1) is 0 Å². The van der Waals surface area contributed by atoms with E-state index in [1.807, 2.05) is 12.1 Å². The van der Waals surface area contributed by atoms with Crippen LogP contribution in [0, 0.1) is 5.92 Å². The predicted molar refractivity (Wildman–Crippen MR) is 53.5 cm³/mol. The summed E-state index contributed by atoms with van der Waals surface area (Å²) in [4.78, 5) is 0. The third-order valence-electron chi connectivity index (χ3n) is 2.73. The Morgan fingerprint density at radius 1 is 0.846 bits per heavy atom. The fraction of sp³-hybridized carbons (Fsp3) is 0.417. The predicted octanol–water partition coefficient (Wildman–Crippen LogP) is 3.28. The van der Waals surface area contributed by atoms with Crippen LogP contribution in [0.15, 0.2) is 24.3 Å². The molecular formula is C12H15O. The summed E-state index contributed by atoms with van der Waals surface area (Å²) < 4.78 is 0. The Morgan fingerprint density at radius 2 is 1.46 bits per heavy atom. The molecule has 1 radical (unpaired) electrons. The van der Waals surface area contributed by atoms with Gasteiger partial charge in [-0.15, -0.1) is 0 Å². The Labute approximate surface area is 79.4 Å². The van der Waals surface area contributed by atoms with Crippen molar-refractivity contribution in [3.8, 4) is 5.75 Å². The fourth-order valence-electron chi connectivity index (χ4n) is 1.96. The Bertz CT molecular complexity index is 257. The van der Waals surface area contributed by atoms with Gasteiger partial charge in [0.2, 0.25) is 0 Å². The second-order valence-electron chi connectivity index (χ2n) is 3.71. The molecule has 1 nitrogen and oxygen atoms in total. The second-order valence-corrected chi connectivity index (χ2v) is 3.71. The van der Waals surface area contributed by atoms with E-state index in [-0.39, 0.29) is 0 Å². The molecular weight excluding hydrogens is 160 g/mol. The minimum atomic E-state index is 0.361.